The minimum absolute atomic E-state index is 0.0215. The van der Waals surface area contributed by atoms with E-state index in [1.807, 2.05) is 30.0 Å². The molecule has 0 aromatic heterocycles. The molecule has 0 bridgehead atoms. The van der Waals surface area contributed by atoms with E-state index in [2.05, 4.69) is 6.92 Å². The first-order valence-electron chi connectivity index (χ1n) is 10.0. The highest BCUT2D eigenvalue weighted by Gasteiger charge is 2.40. The maximum absolute atomic E-state index is 12.9. The Morgan fingerprint density at radius 3 is 2.56 bits per heavy atom. The van der Waals surface area contributed by atoms with Crippen molar-refractivity contribution >= 4 is 17.5 Å². The SMILES string of the molecule is Cc1ccc(N2CC[C@H](C(=O)N3CCC(OCCCN)CC3)C2=O)cc1C. The Morgan fingerprint density at radius 2 is 1.89 bits per heavy atom. The molecule has 0 radical (unpaired) electrons. The molecule has 3 rings (SSSR count). The Bertz CT molecular complexity index is 683. The molecule has 27 heavy (non-hydrogen) atoms. The highest BCUT2D eigenvalue weighted by molar-refractivity contribution is 6.09. The number of ether oxygens (including phenoxy) is 1. The quantitative estimate of drug-likeness (QED) is 0.611. The molecule has 2 saturated heterocycles. The van der Waals surface area contributed by atoms with Crippen molar-refractivity contribution in [2.45, 2.75) is 45.6 Å². The van der Waals surface area contributed by atoms with Crippen molar-refractivity contribution in [1.29, 1.82) is 0 Å². The second-order valence-corrected chi connectivity index (χ2v) is 7.64. The van der Waals surface area contributed by atoms with E-state index in [-0.39, 0.29) is 17.9 Å². The van der Waals surface area contributed by atoms with Crippen molar-refractivity contribution in [1.82, 2.24) is 4.90 Å². The lowest BCUT2D eigenvalue weighted by molar-refractivity contribution is -0.141. The summed E-state index contributed by atoms with van der Waals surface area (Å²) in [6, 6.07) is 6.03. The van der Waals surface area contributed by atoms with Crippen LogP contribution in [-0.4, -0.2) is 55.6 Å². The van der Waals surface area contributed by atoms with Gasteiger partial charge in [-0.2, -0.15) is 0 Å². The van der Waals surface area contributed by atoms with Crippen LogP contribution in [0.15, 0.2) is 18.2 Å². The van der Waals surface area contributed by atoms with Crippen molar-refractivity contribution in [3.05, 3.63) is 29.3 Å². The molecule has 0 saturated carbocycles. The molecule has 2 aliphatic heterocycles. The molecule has 2 aliphatic rings. The minimum atomic E-state index is -0.540. The van der Waals surface area contributed by atoms with Crippen LogP contribution in [0.5, 0.6) is 0 Å². The van der Waals surface area contributed by atoms with Gasteiger partial charge in [-0.15, -0.1) is 0 Å². The fourth-order valence-electron chi connectivity index (χ4n) is 3.86. The number of amides is 2. The van der Waals surface area contributed by atoms with Crippen LogP contribution < -0.4 is 10.6 Å². The second-order valence-electron chi connectivity index (χ2n) is 7.64. The zero-order valence-corrected chi connectivity index (χ0v) is 16.4. The van der Waals surface area contributed by atoms with E-state index in [1.54, 1.807) is 4.90 Å². The second kappa shape index (κ2) is 8.85. The van der Waals surface area contributed by atoms with Gasteiger partial charge in [0.15, 0.2) is 0 Å². The average molecular weight is 373 g/mol. The summed E-state index contributed by atoms with van der Waals surface area (Å²) in [5.74, 6) is -0.627. The van der Waals surface area contributed by atoms with Gasteiger partial charge in [0.25, 0.3) is 0 Å². The molecule has 0 spiro atoms. The highest BCUT2D eigenvalue weighted by atomic mass is 16.5. The van der Waals surface area contributed by atoms with E-state index in [9.17, 15) is 9.59 Å². The lowest BCUT2D eigenvalue weighted by atomic mass is 10.0. The Hall–Kier alpha value is -1.92. The molecule has 1 aromatic rings. The molecule has 1 atom stereocenters. The zero-order chi connectivity index (χ0) is 19.4. The summed E-state index contributed by atoms with van der Waals surface area (Å²) in [5, 5.41) is 0. The molecule has 6 nitrogen and oxygen atoms in total. The molecular formula is C21H31N3O3. The number of nitrogens with zero attached hydrogens (tertiary/aromatic N) is 2. The van der Waals surface area contributed by atoms with Crippen LogP contribution in [0, 0.1) is 19.8 Å². The van der Waals surface area contributed by atoms with Gasteiger partial charge in [-0.05, 0) is 69.3 Å². The van der Waals surface area contributed by atoms with E-state index in [4.69, 9.17) is 10.5 Å². The van der Waals surface area contributed by atoms with Crippen LogP contribution in [0.3, 0.4) is 0 Å². The maximum Gasteiger partial charge on any atom is 0.239 e. The summed E-state index contributed by atoms with van der Waals surface area (Å²) >= 11 is 0. The summed E-state index contributed by atoms with van der Waals surface area (Å²) in [4.78, 5) is 29.4. The van der Waals surface area contributed by atoms with Crippen molar-refractivity contribution < 1.29 is 14.3 Å². The molecule has 0 aliphatic carbocycles. The van der Waals surface area contributed by atoms with Crippen molar-refractivity contribution in [3.8, 4) is 0 Å². The number of hydrogen-bond acceptors (Lipinski definition) is 4. The standard InChI is InChI=1S/C21H31N3O3/c1-15-4-5-17(14-16(15)2)24-12-8-19(21(24)26)20(25)23-10-6-18(7-11-23)27-13-3-9-22/h4-5,14,18-19H,3,6-13,22H2,1-2H3/t19-/m1/s1. The topological polar surface area (TPSA) is 75.9 Å². The molecular weight excluding hydrogens is 342 g/mol. The van der Waals surface area contributed by atoms with Gasteiger partial charge in [0.1, 0.15) is 5.92 Å². The number of hydrogen-bond donors (Lipinski definition) is 1. The molecule has 6 heteroatoms. The van der Waals surface area contributed by atoms with E-state index in [0.29, 0.717) is 39.2 Å². The molecule has 1 aromatic carbocycles. The summed E-state index contributed by atoms with van der Waals surface area (Å²) in [7, 11) is 0. The molecule has 2 amide bonds. The largest absolute Gasteiger partial charge is 0.378 e. The Morgan fingerprint density at radius 1 is 1.15 bits per heavy atom. The molecule has 0 unspecified atom stereocenters. The van der Waals surface area contributed by atoms with E-state index < -0.39 is 5.92 Å². The number of aryl methyl sites for hydroxylation is 2. The Kier molecular flexibility index (Phi) is 6.50. The van der Waals surface area contributed by atoms with Gasteiger partial charge < -0.3 is 20.3 Å². The number of piperidine rings is 1. The normalized spacial score (nSPS) is 21.1. The fourth-order valence-corrected chi connectivity index (χ4v) is 3.86. The van der Waals surface area contributed by atoms with Gasteiger partial charge in [-0.3, -0.25) is 9.59 Å². The van der Waals surface area contributed by atoms with Crippen LogP contribution in [0.25, 0.3) is 0 Å². The number of anilines is 1. The van der Waals surface area contributed by atoms with Gasteiger partial charge in [0, 0.05) is 31.9 Å². The van der Waals surface area contributed by atoms with Gasteiger partial charge >= 0.3 is 0 Å². The number of rotatable bonds is 6. The van der Waals surface area contributed by atoms with Crippen molar-refractivity contribution in [3.63, 3.8) is 0 Å². The fraction of sp³-hybridized carbons (Fsp3) is 0.619. The molecule has 148 valence electrons. The monoisotopic (exact) mass is 373 g/mol. The van der Waals surface area contributed by atoms with Gasteiger partial charge in [-0.25, -0.2) is 0 Å². The summed E-state index contributed by atoms with van der Waals surface area (Å²) < 4.78 is 5.80. The van der Waals surface area contributed by atoms with E-state index >= 15 is 0 Å². The summed E-state index contributed by atoms with van der Waals surface area (Å²) in [6.07, 6.45) is 3.32. The predicted molar refractivity (Wildman–Crippen MR) is 106 cm³/mol. The number of nitrogens with two attached hydrogens (primary N) is 1. The van der Waals surface area contributed by atoms with Gasteiger partial charge in [0.05, 0.1) is 6.10 Å². The molecule has 2 N–H and O–H groups in total. The summed E-state index contributed by atoms with van der Waals surface area (Å²) in [5.41, 5.74) is 8.75. The highest BCUT2D eigenvalue weighted by Crippen LogP contribution is 2.29. The lowest BCUT2D eigenvalue weighted by Crippen LogP contribution is -2.45. The van der Waals surface area contributed by atoms with Crippen molar-refractivity contribution in [2.24, 2.45) is 11.7 Å². The third-order valence-electron chi connectivity index (χ3n) is 5.76. The van der Waals surface area contributed by atoms with Crippen LogP contribution in [-0.2, 0) is 14.3 Å². The number of likely N-dealkylation sites (tertiary alicyclic amines) is 1. The summed E-state index contributed by atoms with van der Waals surface area (Å²) in [6.45, 7) is 7.36. The first-order chi connectivity index (χ1) is 13.0. The first kappa shape index (κ1) is 19.8. The maximum atomic E-state index is 12.9. The number of carbonyl (C=O) groups is 2. The zero-order valence-electron chi connectivity index (χ0n) is 16.4. The smallest absolute Gasteiger partial charge is 0.239 e. The predicted octanol–water partition coefficient (Wildman–Crippen LogP) is 2.01. The van der Waals surface area contributed by atoms with E-state index in [0.717, 1.165) is 30.5 Å². The van der Waals surface area contributed by atoms with Crippen LogP contribution in [0.4, 0.5) is 5.69 Å². The number of carbonyl (C=O) groups excluding carboxylic acids is 2. The number of benzene rings is 1. The molecule has 2 fully saturated rings. The first-order valence-corrected chi connectivity index (χ1v) is 10.0. The Balaban J connectivity index is 1.55. The third kappa shape index (κ3) is 4.50. The lowest BCUT2D eigenvalue weighted by Gasteiger charge is -2.33. The van der Waals surface area contributed by atoms with Crippen molar-refractivity contribution in [2.75, 3.05) is 37.7 Å². The third-order valence-corrected chi connectivity index (χ3v) is 5.76. The molecule has 2 heterocycles. The average Bonchev–Trinajstić information content (AvgIpc) is 3.05. The van der Waals surface area contributed by atoms with Crippen LogP contribution in [0.1, 0.15) is 36.8 Å². The van der Waals surface area contributed by atoms with E-state index in [1.165, 1.54) is 5.56 Å². The Labute approximate surface area is 161 Å². The van der Waals surface area contributed by atoms with Crippen LogP contribution >= 0.6 is 0 Å². The minimum Gasteiger partial charge on any atom is -0.378 e. The van der Waals surface area contributed by atoms with Gasteiger partial charge in [0.2, 0.25) is 11.8 Å². The van der Waals surface area contributed by atoms with Gasteiger partial charge in [-0.1, -0.05) is 6.07 Å². The van der Waals surface area contributed by atoms with Crippen LogP contribution in [0.2, 0.25) is 0 Å².